The Kier molecular flexibility index (Phi) is 3.09. The van der Waals surface area contributed by atoms with Crippen molar-refractivity contribution in [3.05, 3.63) is 32.7 Å². The molecule has 3 nitrogen and oxygen atoms in total. The number of aromatic nitrogens is 2. The smallest absolute Gasteiger partial charge is 0.110 e. The SMILES string of the molecule is NCc1snnc1-c1ccc(I)cc1. The zero-order chi connectivity index (χ0) is 9.97. The summed E-state index contributed by atoms with van der Waals surface area (Å²) in [6.07, 6.45) is 0. The van der Waals surface area contributed by atoms with E-state index in [1.165, 1.54) is 15.1 Å². The standard InChI is InChI=1S/C9H8IN3S/c10-7-3-1-6(2-4-7)9-8(5-11)14-13-12-9/h1-4H,5,11H2. The van der Waals surface area contributed by atoms with Crippen LogP contribution in [0, 0.1) is 3.57 Å². The number of hydrogen-bond donors (Lipinski definition) is 1. The molecule has 5 heteroatoms. The second-order valence-corrected chi connectivity index (χ2v) is 4.84. The van der Waals surface area contributed by atoms with Crippen LogP contribution in [0.3, 0.4) is 0 Å². The van der Waals surface area contributed by atoms with E-state index in [4.69, 9.17) is 5.73 Å². The maximum absolute atomic E-state index is 5.59. The molecule has 0 spiro atoms. The van der Waals surface area contributed by atoms with Crippen molar-refractivity contribution in [2.75, 3.05) is 0 Å². The molecule has 2 rings (SSSR count). The molecule has 0 aliphatic heterocycles. The van der Waals surface area contributed by atoms with Gasteiger partial charge in [-0.05, 0) is 46.3 Å². The van der Waals surface area contributed by atoms with E-state index in [-0.39, 0.29) is 0 Å². The third-order valence-electron chi connectivity index (χ3n) is 1.86. The van der Waals surface area contributed by atoms with Gasteiger partial charge in [-0.1, -0.05) is 16.6 Å². The van der Waals surface area contributed by atoms with Gasteiger partial charge < -0.3 is 5.73 Å². The summed E-state index contributed by atoms with van der Waals surface area (Å²) in [5.41, 5.74) is 7.59. The largest absolute Gasteiger partial charge is 0.326 e. The molecule has 0 atom stereocenters. The van der Waals surface area contributed by atoms with Gasteiger partial charge in [0.1, 0.15) is 5.69 Å². The summed E-state index contributed by atoms with van der Waals surface area (Å²) in [6.45, 7) is 0.499. The molecular weight excluding hydrogens is 309 g/mol. The zero-order valence-corrected chi connectivity index (χ0v) is 10.2. The Hall–Kier alpha value is -0.530. The Morgan fingerprint density at radius 2 is 2.00 bits per heavy atom. The van der Waals surface area contributed by atoms with Gasteiger partial charge in [0.05, 0.1) is 4.88 Å². The monoisotopic (exact) mass is 317 g/mol. The normalized spacial score (nSPS) is 10.4. The lowest BCUT2D eigenvalue weighted by Crippen LogP contribution is -1.95. The highest BCUT2D eigenvalue weighted by Crippen LogP contribution is 2.23. The number of rotatable bonds is 2. The van der Waals surface area contributed by atoms with E-state index in [1.54, 1.807) is 0 Å². The summed E-state index contributed by atoms with van der Waals surface area (Å²) < 4.78 is 5.11. The van der Waals surface area contributed by atoms with E-state index in [2.05, 4.69) is 44.3 Å². The van der Waals surface area contributed by atoms with Gasteiger partial charge in [0, 0.05) is 15.7 Å². The first-order valence-corrected chi connectivity index (χ1v) is 5.93. The summed E-state index contributed by atoms with van der Waals surface area (Å²) in [5.74, 6) is 0. The number of halogens is 1. The van der Waals surface area contributed by atoms with E-state index in [9.17, 15) is 0 Å². The lowest BCUT2D eigenvalue weighted by molar-refractivity contribution is 1.08. The van der Waals surface area contributed by atoms with Crippen molar-refractivity contribution >= 4 is 34.1 Å². The maximum Gasteiger partial charge on any atom is 0.110 e. The van der Waals surface area contributed by atoms with Gasteiger partial charge >= 0.3 is 0 Å². The molecule has 0 bridgehead atoms. The van der Waals surface area contributed by atoms with Crippen LogP contribution in [-0.4, -0.2) is 9.59 Å². The summed E-state index contributed by atoms with van der Waals surface area (Å²) >= 11 is 3.63. The van der Waals surface area contributed by atoms with Crippen molar-refractivity contribution in [1.29, 1.82) is 0 Å². The van der Waals surface area contributed by atoms with Crippen LogP contribution in [0.2, 0.25) is 0 Å². The van der Waals surface area contributed by atoms with Gasteiger partial charge in [-0.2, -0.15) is 0 Å². The van der Waals surface area contributed by atoms with E-state index in [1.807, 2.05) is 12.1 Å². The molecule has 0 amide bonds. The molecule has 2 N–H and O–H groups in total. The van der Waals surface area contributed by atoms with Crippen molar-refractivity contribution < 1.29 is 0 Å². The Balaban J connectivity index is 2.44. The van der Waals surface area contributed by atoms with Crippen LogP contribution in [-0.2, 0) is 6.54 Å². The fourth-order valence-electron chi connectivity index (χ4n) is 1.17. The highest BCUT2D eigenvalue weighted by molar-refractivity contribution is 14.1. The van der Waals surface area contributed by atoms with Crippen LogP contribution in [0.15, 0.2) is 24.3 Å². The number of nitrogens with zero attached hydrogens (tertiary/aromatic N) is 2. The lowest BCUT2D eigenvalue weighted by atomic mass is 10.1. The molecule has 0 aliphatic rings. The number of nitrogens with two attached hydrogens (primary N) is 1. The van der Waals surface area contributed by atoms with Gasteiger partial charge in [0.2, 0.25) is 0 Å². The zero-order valence-electron chi connectivity index (χ0n) is 7.27. The molecule has 1 heterocycles. The fraction of sp³-hybridized carbons (Fsp3) is 0.111. The highest BCUT2D eigenvalue weighted by atomic mass is 127. The van der Waals surface area contributed by atoms with Gasteiger partial charge in [-0.15, -0.1) is 5.10 Å². The van der Waals surface area contributed by atoms with Gasteiger partial charge in [0.25, 0.3) is 0 Å². The molecule has 0 aliphatic carbocycles. The Labute approximate surface area is 99.6 Å². The van der Waals surface area contributed by atoms with E-state index >= 15 is 0 Å². The first-order chi connectivity index (χ1) is 6.81. The summed E-state index contributed by atoms with van der Waals surface area (Å²) in [4.78, 5) is 1.03. The molecule has 0 saturated heterocycles. The third-order valence-corrected chi connectivity index (χ3v) is 3.32. The molecule has 72 valence electrons. The van der Waals surface area contributed by atoms with Crippen molar-refractivity contribution in [2.24, 2.45) is 5.73 Å². The Morgan fingerprint density at radius 3 is 2.64 bits per heavy atom. The Morgan fingerprint density at radius 1 is 1.29 bits per heavy atom. The van der Waals surface area contributed by atoms with Crippen molar-refractivity contribution in [3.63, 3.8) is 0 Å². The predicted molar refractivity (Wildman–Crippen MR) is 66.0 cm³/mol. The number of benzene rings is 1. The molecule has 0 radical (unpaired) electrons. The molecule has 0 fully saturated rings. The van der Waals surface area contributed by atoms with Gasteiger partial charge in [-0.25, -0.2) is 0 Å². The van der Waals surface area contributed by atoms with Crippen molar-refractivity contribution in [2.45, 2.75) is 6.54 Å². The Bertz CT molecular complexity index is 424. The average molecular weight is 317 g/mol. The summed E-state index contributed by atoms with van der Waals surface area (Å²) in [5, 5.41) is 4.07. The van der Waals surface area contributed by atoms with Crippen LogP contribution in [0.1, 0.15) is 4.88 Å². The van der Waals surface area contributed by atoms with Gasteiger partial charge in [0.15, 0.2) is 0 Å². The van der Waals surface area contributed by atoms with Crippen LogP contribution in [0.5, 0.6) is 0 Å². The molecule has 2 aromatic rings. The summed E-state index contributed by atoms with van der Waals surface area (Å²) in [7, 11) is 0. The van der Waals surface area contributed by atoms with Crippen LogP contribution >= 0.6 is 34.1 Å². The fourth-order valence-corrected chi connectivity index (χ4v) is 2.07. The van der Waals surface area contributed by atoms with Gasteiger partial charge in [-0.3, -0.25) is 0 Å². The average Bonchev–Trinajstić information content (AvgIpc) is 2.67. The van der Waals surface area contributed by atoms with Crippen LogP contribution in [0.4, 0.5) is 0 Å². The van der Waals surface area contributed by atoms with E-state index in [0.717, 1.165) is 16.1 Å². The molecule has 14 heavy (non-hydrogen) atoms. The number of hydrogen-bond acceptors (Lipinski definition) is 4. The van der Waals surface area contributed by atoms with Crippen LogP contribution < -0.4 is 5.73 Å². The third kappa shape index (κ3) is 1.94. The molecule has 1 aromatic carbocycles. The maximum atomic E-state index is 5.59. The molecule has 0 unspecified atom stereocenters. The quantitative estimate of drug-likeness (QED) is 0.865. The first kappa shape index (κ1) is 10.0. The summed E-state index contributed by atoms with van der Waals surface area (Å²) in [6, 6.07) is 8.18. The second kappa shape index (κ2) is 4.33. The van der Waals surface area contributed by atoms with Crippen molar-refractivity contribution in [3.8, 4) is 11.3 Å². The molecule has 1 aromatic heterocycles. The van der Waals surface area contributed by atoms with Crippen molar-refractivity contribution in [1.82, 2.24) is 9.59 Å². The minimum Gasteiger partial charge on any atom is -0.326 e. The minimum atomic E-state index is 0.499. The topological polar surface area (TPSA) is 51.8 Å². The van der Waals surface area contributed by atoms with Crippen LogP contribution in [0.25, 0.3) is 11.3 Å². The van der Waals surface area contributed by atoms with E-state index < -0.39 is 0 Å². The minimum absolute atomic E-state index is 0.499. The second-order valence-electron chi connectivity index (χ2n) is 2.76. The molecular formula is C9H8IN3S. The van der Waals surface area contributed by atoms with E-state index in [0.29, 0.717) is 6.54 Å². The first-order valence-electron chi connectivity index (χ1n) is 4.08. The lowest BCUT2D eigenvalue weighted by Gasteiger charge is -1.98. The predicted octanol–water partition coefficient (Wildman–Crippen LogP) is 2.27. The highest BCUT2D eigenvalue weighted by Gasteiger charge is 2.07. The molecule has 0 saturated carbocycles.